The van der Waals surface area contributed by atoms with E-state index in [9.17, 15) is 4.79 Å². The van der Waals surface area contributed by atoms with E-state index in [4.69, 9.17) is 4.98 Å². The summed E-state index contributed by atoms with van der Waals surface area (Å²) in [4.78, 5) is 17.8. The Morgan fingerprint density at radius 1 is 1.04 bits per heavy atom. The molecule has 2 aromatic carbocycles. The fourth-order valence-electron chi connectivity index (χ4n) is 2.73. The van der Waals surface area contributed by atoms with Crippen molar-refractivity contribution >= 4 is 22.7 Å². The van der Waals surface area contributed by atoms with Gasteiger partial charge in [-0.3, -0.25) is 9.36 Å². The van der Waals surface area contributed by atoms with Gasteiger partial charge in [0.15, 0.2) is 5.16 Å². The Morgan fingerprint density at radius 3 is 2.42 bits per heavy atom. The molecule has 3 aromatic rings. The Hall–Kier alpha value is -2.07. The summed E-state index contributed by atoms with van der Waals surface area (Å²) in [5.41, 5.74) is 2.06. The van der Waals surface area contributed by atoms with E-state index in [-0.39, 0.29) is 16.9 Å². The lowest BCUT2D eigenvalue weighted by molar-refractivity contribution is 0.468. The second kappa shape index (κ2) is 7.22. The number of hydrogen-bond donors (Lipinski definition) is 0. The van der Waals surface area contributed by atoms with E-state index in [0.29, 0.717) is 5.39 Å². The first-order valence-corrected chi connectivity index (χ1v) is 9.22. The molecule has 0 spiro atoms. The van der Waals surface area contributed by atoms with E-state index in [0.717, 1.165) is 17.1 Å². The third kappa shape index (κ3) is 3.24. The molecule has 1 aromatic heterocycles. The van der Waals surface area contributed by atoms with Gasteiger partial charge in [-0.25, -0.2) is 4.98 Å². The van der Waals surface area contributed by atoms with Crippen LogP contribution in [0.3, 0.4) is 0 Å². The fraction of sp³-hybridized carbons (Fsp3) is 0.300. The largest absolute Gasteiger partial charge is 0.284 e. The van der Waals surface area contributed by atoms with Gasteiger partial charge in [-0.2, -0.15) is 0 Å². The van der Waals surface area contributed by atoms with Gasteiger partial charge in [-0.1, -0.05) is 61.2 Å². The van der Waals surface area contributed by atoms with Crippen LogP contribution in [0.25, 0.3) is 10.9 Å². The molecule has 0 aliphatic carbocycles. The number of aromatic nitrogens is 2. The molecule has 24 heavy (non-hydrogen) atoms. The van der Waals surface area contributed by atoms with Crippen LogP contribution in [0, 0.1) is 0 Å². The highest BCUT2D eigenvalue weighted by Gasteiger charge is 2.18. The van der Waals surface area contributed by atoms with Crippen LogP contribution >= 0.6 is 11.8 Å². The summed E-state index contributed by atoms with van der Waals surface area (Å²) < 4.78 is 1.85. The quantitative estimate of drug-likeness (QED) is 0.472. The Labute approximate surface area is 146 Å². The third-order valence-electron chi connectivity index (χ3n) is 4.36. The predicted molar refractivity (Wildman–Crippen MR) is 102 cm³/mol. The minimum atomic E-state index is 0.0534. The van der Waals surface area contributed by atoms with Crippen molar-refractivity contribution in [1.29, 1.82) is 0 Å². The molecule has 3 nitrogen and oxygen atoms in total. The minimum Gasteiger partial charge on any atom is -0.284 e. The van der Waals surface area contributed by atoms with E-state index in [1.807, 2.05) is 47.0 Å². The maximum Gasteiger partial charge on any atom is 0.262 e. The second-order valence-corrected chi connectivity index (χ2v) is 7.32. The zero-order valence-corrected chi connectivity index (χ0v) is 15.1. The van der Waals surface area contributed by atoms with Crippen LogP contribution in [0.5, 0.6) is 0 Å². The van der Waals surface area contributed by atoms with E-state index in [1.165, 1.54) is 5.56 Å². The molecule has 2 atom stereocenters. The summed E-state index contributed by atoms with van der Waals surface area (Å²) >= 11 is 1.65. The third-order valence-corrected chi connectivity index (χ3v) is 5.48. The second-order valence-electron chi connectivity index (χ2n) is 6.01. The first-order chi connectivity index (χ1) is 11.6. The molecule has 0 radical (unpaired) electrons. The first kappa shape index (κ1) is 16.8. The van der Waals surface area contributed by atoms with Gasteiger partial charge in [0.2, 0.25) is 0 Å². The van der Waals surface area contributed by atoms with Gasteiger partial charge in [0, 0.05) is 11.3 Å². The van der Waals surface area contributed by atoms with E-state index < -0.39 is 0 Å². The van der Waals surface area contributed by atoms with Crippen molar-refractivity contribution in [3.63, 3.8) is 0 Å². The molecule has 124 valence electrons. The molecule has 0 bridgehead atoms. The van der Waals surface area contributed by atoms with Crippen molar-refractivity contribution in [3.05, 3.63) is 70.5 Å². The summed E-state index contributed by atoms with van der Waals surface area (Å²) in [6.07, 6.45) is 0.896. The lowest BCUT2D eigenvalue weighted by atomic mass is 10.2. The summed E-state index contributed by atoms with van der Waals surface area (Å²) in [6, 6.07) is 18.1. The number of benzene rings is 2. The number of thioether (sulfide) groups is 1. The minimum absolute atomic E-state index is 0.0534. The lowest BCUT2D eigenvalue weighted by Crippen LogP contribution is -2.26. The van der Waals surface area contributed by atoms with Crippen LogP contribution in [0.15, 0.2) is 64.5 Å². The van der Waals surface area contributed by atoms with Crippen LogP contribution in [-0.4, -0.2) is 9.55 Å². The van der Waals surface area contributed by atoms with E-state index in [1.54, 1.807) is 11.8 Å². The van der Waals surface area contributed by atoms with Crippen LogP contribution in [-0.2, 0) is 0 Å². The predicted octanol–water partition coefficient (Wildman–Crippen LogP) is 5.22. The Balaban J connectivity index is 2.10. The lowest BCUT2D eigenvalue weighted by Gasteiger charge is -2.20. The average Bonchev–Trinajstić information content (AvgIpc) is 2.62. The molecule has 3 rings (SSSR count). The van der Waals surface area contributed by atoms with Crippen molar-refractivity contribution < 1.29 is 0 Å². The highest BCUT2D eigenvalue weighted by atomic mass is 32.2. The molecule has 0 saturated heterocycles. The Bertz CT molecular complexity index is 889. The molecular formula is C20H22N2OS. The molecule has 4 heteroatoms. The molecule has 0 saturated carbocycles. The van der Waals surface area contributed by atoms with Gasteiger partial charge in [0.25, 0.3) is 5.56 Å². The van der Waals surface area contributed by atoms with Gasteiger partial charge >= 0.3 is 0 Å². The van der Waals surface area contributed by atoms with Crippen LogP contribution in [0.4, 0.5) is 0 Å². The standard InChI is InChI=1S/C20H22N2OS/c1-4-14(2)22-19(23)17-12-8-9-13-18(17)21-20(22)24-15(3)16-10-6-5-7-11-16/h5-15H,4H2,1-3H3/t14-,15-/m1/s1. The topological polar surface area (TPSA) is 34.9 Å². The Kier molecular flexibility index (Phi) is 5.05. The molecule has 0 aliphatic heterocycles. The first-order valence-electron chi connectivity index (χ1n) is 8.34. The number of para-hydroxylation sites is 1. The van der Waals surface area contributed by atoms with E-state index >= 15 is 0 Å². The van der Waals surface area contributed by atoms with Gasteiger partial charge in [0.1, 0.15) is 0 Å². The van der Waals surface area contributed by atoms with Gasteiger partial charge < -0.3 is 0 Å². The maximum absolute atomic E-state index is 13.0. The normalized spacial score (nSPS) is 13.8. The number of nitrogens with zero attached hydrogens (tertiary/aromatic N) is 2. The van der Waals surface area contributed by atoms with E-state index in [2.05, 4.69) is 32.9 Å². The monoisotopic (exact) mass is 338 g/mol. The average molecular weight is 338 g/mol. The maximum atomic E-state index is 13.0. The summed E-state index contributed by atoms with van der Waals surface area (Å²) in [5, 5.41) is 1.72. The fourth-order valence-corrected chi connectivity index (χ4v) is 3.87. The summed E-state index contributed by atoms with van der Waals surface area (Å²) in [6.45, 7) is 6.33. The molecule has 1 heterocycles. The molecular weight excluding hydrogens is 316 g/mol. The molecule has 0 amide bonds. The molecule has 0 N–H and O–H groups in total. The van der Waals surface area contributed by atoms with Crippen LogP contribution < -0.4 is 5.56 Å². The van der Waals surface area contributed by atoms with Gasteiger partial charge in [0.05, 0.1) is 10.9 Å². The highest BCUT2D eigenvalue weighted by molar-refractivity contribution is 7.99. The van der Waals surface area contributed by atoms with Crippen molar-refractivity contribution in [2.24, 2.45) is 0 Å². The smallest absolute Gasteiger partial charge is 0.262 e. The van der Waals surface area contributed by atoms with Crippen molar-refractivity contribution in [2.45, 2.75) is 43.6 Å². The summed E-state index contributed by atoms with van der Waals surface area (Å²) in [7, 11) is 0. The molecule has 0 aliphatic rings. The van der Waals surface area contributed by atoms with Crippen molar-refractivity contribution in [3.8, 4) is 0 Å². The number of fused-ring (bicyclic) bond motifs is 1. The van der Waals surface area contributed by atoms with Crippen LogP contribution in [0.1, 0.15) is 44.0 Å². The van der Waals surface area contributed by atoms with Crippen molar-refractivity contribution in [2.75, 3.05) is 0 Å². The zero-order chi connectivity index (χ0) is 17.1. The van der Waals surface area contributed by atoms with Gasteiger partial charge in [-0.15, -0.1) is 0 Å². The SMILES string of the molecule is CC[C@@H](C)n1c(S[C@H](C)c2ccccc2)nc2ccccc2c1=O. The highest BCUT2D eigenvalue weighted by Crippen LogP contribution is 2.34. The molecule has 0 unspecified atom stereocenters. The van der Waals surface area contributed by atoms with Gasteiger partial charge in [-0.05, 0) is 38.0 Å². The number of hydrogen-bond acceptors (Lipinski definition) is 3. The van der Waals surface area contributed by atoms with Crippen LogP contribution in [0.2, 0.25) is 0 Å². The van der Waals surface area contributed by atoms with Crippen molar-refractivity contribution in [1.82, 2.24) is 9.55 Å². The summed E-state index contributed by atoms with van der Waals surface area (Å²) in [5.74, 6) is 0. The number of rotatable bonds is 5. The zero-order valence-electron chi connectivity index (χ0n) is 14.3. The Morgan fingerprint density at radius 2 is 1.71 bits per heavy atom. The molecule has 0 fully saturated rings.